The Kier molecular flexibility index (Phi) is 3.51. The van der Waals surface area contributed by atoms with Gasteiger partial charge < -0.3 is 5.73 Å². The third kappa shape index (κ3) is 2.57. The lowest BCUT2D eigenvalue weighted by molar-refractivity contribution is 1.09. The van der Waals surface area contributed by atoms with Crippen LogP contribution in [0.25, 0.3) is 0 Å². The summed E-state index contributed by atoms with van der Waals surface area (Å²) in [6, 6.07) is 9.80. The molecule has 1 atom stereocenters. The summed E-state index contributed by atoms with van der Waals surface area (Å²) in [6.07, 6.45) is 0. The summed E-state index contributed by atoms with van der Waals surface area (Å²) < 4.78 is 0. The third-order valence-electron chi connectivity index (χ3n) is 1.88. The van der Waals surface area contributed by atoms with Crippen LogP contribution in [0.2, 0.25) is 0 Å². The Hall–Kier alpha value is -0.800. The molecule has 0 fully saturated rings. The number of benzene rings is 1. The van der Waals surface area contributed by atoms with E-state index in [1.807, 2.05) is 37.3 Å². The molecule has 0 heterocycles. The van der Waals surface area contributed by atoms with Gasteiger partial charge in [-0.15, -0.1) is 0 Å². The van der Waals surface area contributed by atoms with E-state index in [1.54, 1.807) is 0 Å². The first-order valence-electron chi connectivity index (χ1n) is 4.01. The van der Waals surface area contributed by atoms with Gasteiger partial charge in [0.1, 0.15) is 0 Å². The topological polar surface area (TPSA) is 26.0 Å². The van der Waals surface area contributed by atoms with E-state index in [4.69, 9.17) is 30.2 Å². The first kappa shape index (κ1) is 10.3. The van der Waals surface area contributed by atoms with Crippen LogP contribution < -0.4 is 5.73 Å². The van der Waals surface area contributed by atoms with E-state index in [0.717, 1.165) is 10.4 Å². The van der Waals surface area contributed by atoms with Gasteiger partial charge in [0.25, 0.3) is 0 Å². The summed E-state index contributed by atoms with van der Waals surface area (Å²) in [6.45, 7) is 1.93. The Morgan fingerprint density at radius 2 is 1.77 bits per heavy atom. The summed E-state index contributed by atoms with van der Waals surface area (Å²) in [5.74, 6) is -0.00704. The molecule has 3 heteroatoms. The second-order valence-corrected chi connectivity index (χ2v) is 3.77. The van der Waals surface area contributed by atoms with Crippen molar-refractivity contribution in [1.29, 1.82) is 0 Å². The van der Waals surface area contributed by atoms with Gasteiger partial charge in [-0.25, -0.2) is 0 Å². The summed E-state index contributed by atoms with van der Waals surface area (Å²) in [4.78, 5) is 1.27. The molecule has 0 aliphatic rings. The van der Waals surface area contributed by atoms with E-state index in [-0.39, 0.29) is 5.92 Å². The minimum absolute atomic E-state index is 0.00704. The molecule has 1 aromatic carbocycles. The lowest BCUT2D eigenvalue weighted by Gasteiger charge is -2.10. The van der Waals surface area contributed by atoms with Crippen LogP contribution in [0.5, 0.6) is 0 Å². The maximum Gasteiger partial charge on any atom is 0.0809 e. The van der Waals surface area contributed by atoms with Crippen molar-refractivity contribution >= 4 is 34.3 Å². The van der Waals surface area contributed by atoms with Crippen molar-refractivity contribution in [3.8, 4) is 0 Å². The van der Waals surface area contributed by atoms with Crippen molar-refractivity contribution in [2.75, 3.05) is 0 Å². The number of nitrogens with two attached hydrogens (primary N) is 1. The minimum atomic E-state index is -0.00704. The van der Waals surface area contributed by atoms with Gasteiger partial charge in [-0.2, -0.15) is 0 Å². The standard InChI is InChI=1S/C10H11NS2/c1-7(10(11)13)9(12)8-5-3-2-4-6-8/h2-7H,1H3,(H2,11,13)/t7-/m0/s1. The Labute approximate surface area is 88.9 Å². The molecule has 0 unspecified atom stereocenters. The fraction of sp³-hybridized carbons (Fsp3) is 0.200. The Balaban J connectivity index is 2.86. The molecule has 13 heavy (non-hydrogen) atoms. The second kappa shape index (κ2) is 4.44. The smallest absolute Gasteiger partial charge is 0.0809 e. The molecule has 0 saturated heterocycles. The summed E-state index contributed by atoms with van der Waals surface area (Å²) in [5, 5.41) is 0. The molecule has 0 aliphatic carbocycles. The van der Waals surface area contributed by atoms with E-state index in [0.29, 0.717) is 4.99 Å². The molecular formula is C10H11NS2. The largest absolute Gasteiger partial charge is 0.393 e. The normalized spacial score (nSPS) is 12.1. The molecule has 1 aromatic rings. The molecule has 68 valence electrons. The molecule has 0 aliphatic heterocycles. The summed E-state index contributed by atoms with van der Waals surface area (Å²) in [7, 11) is 0. The molecule has 0 saturated carbocycles. The highest BCUT2D eigenvalue weighted by atomic mass is 32.1. The van der Waals surface area contributed by atoms with Crippen LogP contribution in [0.15, 0.2) is 30.3 Å². The molecule has 0 radical (unpaired) electrons. The van der Waals surface area contributed by atoms with Crippen LogP contribution in [0.4, 0.5) is 0 Å². The van der Waals surface area contributed by atoms with Crippen molar-refractivity contribution < 1.29 is 0 Å². The highest BCUT2D eigenvalue weighted by Crippen LogP contribution is 2.10. The van der Waals surface area contributed by atoms with E-state index in [1.165, 1.54) is 0 Å². The summed E-state index contributed by atoms with van der Waals surface area (Å²) in [5.41, 5.74) is 6.54. The van der Waals surface area contributed by atoms with E-state index >= 15 is 0 Å². The van der Waals surface area contributed by atoms with Gasteiger partial charge in [0.05, 0.1) is 4.99 Å². The van der Waals surface area contributed by atoms with E-state index in [9.17, 15) is 0 Å². The number of thiocarbonyl (C=S) groups is 2. The predicted molar refractivity (Wildman–Crippen MR) is 64.1 cm³/mol. The Morgan fingerprint density at radius 1 is 1.23 bits per heavy atom. The van der Waals surface area contributed by atoms with E-state index < -0.39 is 0 Å². The summed E-state index contributed by atoms with van der Waals surface area (Å²) >= 11 is 10.1. The monoisotopic (exact) mass is 209 g/mol. The van der Waals surface area contributed by atoms with Gasteiger partial charge >= 0.3 is 0 Å². The molecule has 1 rings (SSSR count). The van der Waals surface area contributed by atoms with Gasteiger partial charge in [-0.1, -0.05) is 61.7 Å². The first-order valence-corrected chi connectivity index (χ1v) is 4.83. The van der Waals surface area contributed by atoms with Gasteiger partial charge in [-0.3, -0.25) is 0 Å². The second-order valence-electron chi connectivity index (χ2n) is 2.85. The average molecular weight is 209 g/mol. The fourth-order valence-corrected chi connectivity index (χ4v) is 1.44. The Morgan fingerprint density at radius 3 is 2.23 bits per heavy atom. The average Bonchev–Trinajstić information content (AvgIpc) is 2.17. The van der Waals surface area contributed by atoms with Crippen molar-refractivity contribution in [3.63, 3.8) is 0 Å². The highest BCUT2D eigenvalue weighted by Gasteiger charge is 2.12. The predicted octanol–water partition coefficient (Wildman–Crippen LogP) is 2.33. The zero-order chi connectivity index (χ0) is 9.84. The van der Waals surface area contributed by atoms with Gasteiger partial charge in [0.15, 0.2) is 0 Å². The van der Waals surface area contributed by atoms with Crippen LogP contribution in [0, 0.1) is 5.92 Å². The lowest BCUT2D eigenvalue weighted by atomic mass is 10.0. The van der Waals surface area contributed by atoms with Crippen LogP contribution in [0.1, 0.15) is 12.5 Å². The van der Waals surface area contributed by atoms with Crippen LogP contribution in [-0.2, 0) is 0 Å². The maximum atomic E-state index is 5.52. The van der Waals surface area contributed by atoms with Gasteiger partial charge in [-0.05, 0) is 5.56 Å². The molecule has 1 nitrogen and oxygen atoms in total. The zero-order valence-corrected chi connectivity index (χ0v) is 8.99. The maximum absolute atomic E-state index is 5.52. The van der Waals surface area contributed by atoms with Crippen LogP contribution >= 0.6 is 24.4 Å². The lowest BCUT2D eigenvalue weighted by Crippen LogP contribution is -2.25. The quantitative estimate of drug-likeness (QED) is 0.611. The molecule has 0 spiro atoms. The van der Waals surface area contributed by atoms with Crippen LogP contribution in [0.3, 0.4) is 0 Å². The van der Waals surface area contributed by atoms with Crippen molar-refractivity contribution in [2.45, 2.75) is 6.92 Å². The third-order valence-corrected chi connectivity index (χ3v) is 2.82. The molecular weight excluding hydrogens is 198 g/mol. The molecule has 0 amide bonds. The number of hydrogen-bond acceptors (Lipinski definition) is 2. The molecule has 0 aromatic heterocycles. The molecule has 0 bridgehead atoms. The Bertz CT molecular complexity index is 319. The zero-order valence-electron chi connectivity index (χ0n) is 7.36. The number of hydrogen-bond donors (Lipinski definition) is 1. The minimum Gasteiger partial charge on any atom is -0.393 e. The van der Waals surface area contributed by atoms with Crippen molar-refractivity contribution in [1.82, 2.24) is 0 Å². The molecule has 2 N–H and O–H groups in total. The SMILES string of the molecule is C[C@H](C(N)=S)C(=S)c1ccccc1. The van der Waals surface area contributed by atoms with Crippen LogP contribution in [-0.4, -0.2) is 9.85 Å². The first-order chi connectivity index (χ1) is 6.13. The van der Waals surface area contributed by atoms with Gasteiger partial charge in [0.2, 0.25) is 0 Å². The number of rotatable bonds is 3. The van der Waals surface area contributed by atoms with Crippen molar-refractivity contribution in [2.24, 2.45) is 11.7 Å². The highest BCUT2D eigenvalue weighted by molar-refractivity contribution is 7.82. The fourth-order valence-electron chi connectivity index (χ4n) is 0.982. The van der Waals surface area contributed by atoms with Crippen molar-refractivity contribution in [3.05, 3.63) is 35.9 Å². The van der Waals surface area contributed by atoms with Gasteiger partial charge in [0, 0.05) is 10.8 Å². The van der Waals surface area contributed by atoms with E-state index in [2.05, 4.69) is 0 Å².